The number of carbonyl (C=O) groups excluding carboxylic acids is 4. The Morgan fingerprint density at radius 2 is 1.45 bits per heavy atom. The van der Waals surface area contributed by atoms with Gasteiger partial charge in [0, 0.05) is 18.0 Å². The summed E-state index contributed by atoms with van der Waals surface area (Å²) in [5.74, 6) is -1.61. The van der Waals surface area contributed by atoms with Crippen LogP contribution < -0.4 is 26.6 Å². The number of hydrogen-bond acceptors (Lipinski definition) is 5. The monoisotopic (exact) mass is 433 g/mol. The second kappa shape index (κ2) is 12.7. The Balaban J connectivity index is 2.66. The van der Waals surface area contributed by atoms with Crippen LogP contribution in [-0.4, -0.2) is 60.9 Å². The van der Waals surface area contributed by atoms with Crippen LogP contribution in [-0.2, 0) is 25.6 Å². The van der Waals surface area contributed by atoms with Gasteiger partial charge in [-0.1, -0.05) is 44.2 Å². The molecule has 1 aromatic rings. The molecule has 172 valence electrons. The summed E-state index contributed by atoms with van der Waals surface area (Å²) in [5.41, 5.74) is 0.439. The molecule has 0 radical (unpaired) electrons. The summed E-state index contributed by atoms with van der Waals surface area (Å²) in [7, 11) is 0. The van der Waals surface area contributed by atoms with Crippen molar-refractivity contribution >= 4 is 23.6 Å². The molecule has 0 aliphatic heterocycles. The molecule has 0 saturated heterocycles. The first-order chi connectivity index (χ1) is 14.5. The zero-order chi connectivity index (χ0) is 23.4. The fourth-order valence-electron chi connectivity index (χ4n) is 2.60. The van der Waals surface area contributed by atoms with Crippen molar-refractivity contribution in [1.29, 1.82) is 0 Å². The number of nitrogens with one attached hydrogen (secondary N) is 5. The molecule has 0 aliphatic carbocycles. The van der Waals surface area contributed by atoms with E-state index in [1.54, 1.807) is 0 Å². The highest BCUT2D eigenvalue weighted by molar-refractivity contribution is 5.92. The van der Waals surface area contributed by atoms with E-state index in [0.29, 0.717) is 0 Å². The van der Waals surface area contributed by atoms with Gasteiger partial charge in [0.15, 0.2) is 0 Å². The molecule has 0 bridgehead atoms. The summed E-state index contributed by atoms with van der Waals surface area (Å²) in [4.78, 5) is 48.7. The minimum absolute atomic E-state index is 0.0990. The Morgan fingerprint density at radius 1 is 0.839 bits per heavy atom. The summed E-state index contributed by atoms with van der Waals surface area (Å²) in [6.07, 6.45) is 0.252. The minimum atomic E-state index is -0.886. The van der Waals surface area contributed by atoms with E-state index in [9.17, 15) is 19.2 Å². The highest BCUT2D eigenvalue weighted by Gasteiger charge is 2.23. The van der Waals surface area contributed by atoms with E-state index in [-0.39, 0.29) is 43.9 Å². The van der Waals surface area contributed by atoms with Crippen molar-refractivity contribution < 1.29 is 19.2 Å². The topological polar surface area (TPSA) is 128 Å². The van der Waals surface area contributed by atoms with Crippen molar-refractivity contribution in [3.8, 4) is 0 Å². The van der Waals surface area contributed by atoms with Crippen LogP contribution >= 0.6 is 0 Å². The normalized spacial score (nSPS) is 12.1. The van der Waals surface area contributed by atoms with Crippen LogP contribution in [0.5, 0.6) is 0 Å². The van der Waals surface area contributed by atoms with Crippen LogP contribution in [0.15, 0.2) is 30.3 Å². The van der Waals surface area contributed by atoms with Gasteiger partial charge in [-0.15, -0.1) is 0 Å². The maximum Gasteiger partial charge on any atom is 0.243 e. The molecule has 1 aromatic carbocycles. The number of rotatable bonds is 11. The Kier molecular flexibility index (Phi) is 10.7. The third-order valence-corrected chi connectivity index (χ3v) is 3.99. The van der Waals surface area contributed by atoms with E-state index in [4.69, 9.17) is 0 Å². The Bertz CT molecular complexity index is 744. The Morgan fingerprint density at radius 3 is 2.03 bits per heavy atom. The van der Waals surface area contributed by atoms with Gasteiger partial charge in [0.1, 0.15) is 6.04 Å². The molecule has 4 amide bonds. The molecule has 31 heavy (non-hydrogen) atoms. The maximum absolute atomic E-state index is 12.7. The first-order valence-corrected chi connectivity index (χ1v) is 10.4. The molecule has 0 aromatic heterocycles. The van der Waals surface area contributed by atoms with E-state index < -0.39 is 23.4 Å². The van der Waals surface area contributed by atoms with E-state index in [1.807, 2.05) is 65.0 Å². The van der Waals surface area contributed by atoms with E-state index in [2.05, 4.69) is 26.6 Å². The quantitative estimate of drug-likeness (QED) is 0.332. The van der Waals surface area contributed by atoms with Crippen molar-refractivity contribution in [3.63, 3.8) is 0 Å². The summed E-state index contributed by atoms with van der Waals surface area (Å²) in [6.45, 7) is 9.00. The van der Waals surface area contributed by atoms with Crippen molar-refractivity contribution in [1.82, 2.24) is 26.6 Å². The highest BCUT2D eigenvalue weighted by Crippen LogP contribution is 2.04. The van der Waals surface area contributed by atoms with E-state index in [1.165, 1.54) is 0 Å². The molecule has 0 heterocycles. The van der Waals surface area contributed by atoms with Crippen LogP contribution in [0.1, 0.15) is 40.2 Å². The Labute approximate surface area is 184 Å². The lowest BCUT2D eigenvalue weighted by molar-refractivity contribution is -0.131. The molecule has 9 heteroatoms. The molecule has 1 rings (SSSR count). The van der Waals surface area contributed by atoms with Gasteiger partial charge >= 0.3 is 0 Å². The average molecular weight is 434 g/mol. The molecule has 0 aliphatic rings. The lowest BCUT2D eigenvalue weighted by atomic mass is 10.1. The number of benzene rings is 1. The van der Waals surface area contributed by atoms with Gasteiger partial charge in [-0.2, -0.15) is 0 Å². The smallest absolute Gasteiger partial charge is 0.243 e. The third kappa shape index (κ3) is 12.4. The predicted octanol–water partition coefficient (Wildman–Crippen LogP) is -0.141. The zero-order valence-electron chi connectivity index (χ0n) is 19.0. The van der Waals surface area contributed by atoms with Gasteiger partial charge in [0.25, 0.3) is 0 Å². The summed E-state index contributed by atoms with van der Waals surface area (Å²) >= 11 is 0. The maximum atomic E-state index is 12.7. The van der Waals surface area contributed by atoms with Gasteiger partial charge in [0.05, 0.1) is 19.6 Å². The molecular formula is C22H35N5O4. The zero-order valence-corrected chi connectivity index (χ0v) is 19.0. The SMILES string of the molecule is CC(C)NCC(=O)NCC(=O)N[C@@H](Cc1ccccc1)C(=O)NCC(=O)NC(C)(C)C. The standard InChI is InChI=1S/C22H35N5O4/c1-15(2)23-12-18(28)24-13-19(29)26-17(11-16-9-7-6-8-10-16)21(31)25-14-20(30)27-22(3,4)5/h6-10,15,17,23H,11-14H2,1-5H3,(H,24,28)(H,25,31)(H,26,29)(H,27,30)/t17-/m0/s1. The molecule has 0 fully saturated rings. The number of carbonyl (C=O) groups is 4. The molecule has 0 saturated carbocycles. The van der Waals surface area contributed by atoms with Crippen LogP contribution in [0.4, 0.5) is 0 Å². The highest BCUT2D eigenvalue weighted by atomic mass is 16.2. The largest absolute Gasteiger partial charge is 0.350 e. The third-order valence-electron chi connectivity index (χ3n) is 3.99. The fraction of sp³-hybridized carbons (Fsp3) is 0.545. The average Bonchev–Trinajstić information content (AvgIpc) is 2.68. The minimum Gasteiger partial charge on any atom is -0.350 e. The van der Waals surface area contributed by atoms with E-state index in [0.717, 1.165) is 5.56 Å². The fourth-order valence-corrected chi connectivity index (χ4v) is 2.60. The van der Waals surface area contributed by atoms with Gasteiger partial charge in [0.2, 0.25) is 23.6 Å². The predicted molar refractivity (Wildman–Crippen MR) is 119 cm³/mol. The molecular weight excluding hydrogens is 398 g/mol. The number of amides is 4. The van der Waals surface area contributed by atoms with Crippen molar-refractivity contribution in [2.75, 3.05) is 19.6 Å². The number of hydrogen-bond donors (Lipinski definition) is 5. The molecule has 1 atom stereocenters. The molecule has 9 nitrogen and oxygen atoms in total. The Hall–Kier alpha value is -2.94. The van der Waals surface area contributed by atoms with Gasteiger partial charge in [-0.05, 0) is 26.3 Å². The lowest BCUT2D eigenvalue weighted by Gasteiger charge is -2.22. The first kappa shape index (κ1) is 26.1. The molecule has 0 unspecified atom stereocenters. The van der Waals surface area contributed by atoms with Crippen LogP contribution in [0.25, 0.3) is 0 Å². The van der Waals surface area contributed by atoms with Crippen molar-refractivity contribution in [2.45, 2.75) is 58.7 Å². The van der Waals surface area contributed by atoms with Crippen LogP contribution in [0, 0.1) is 0 Å². The molecule has 0 spiro atoms. The second-order valence-corrected chi connectivity index (χ2v) is 8.64. The lowest BCUT2D eigenvalue weighted by Crippen LogP contribution is -2.53. The van der Waals surface area contributed by atoms with Gasteiger partial charge in [-0.25, -0.2) is 0 Å². The van der Waals surface area contributed by atoms with Crippen molar-refractivity contribution in [3.05, 3.63) is 35.9 Å². The first-order valence-electron chi connectivity index (χ1n) is 10.4. The van der Waals surface area contributed by atoms with E-state index >= 15 is 0 Å². The van der Waals surface area contributed by atoms with Gasteiger partial charge < -0.3 is 26.6 Å². The summed E-state index contributed by atoms with van der Waals surface area (Å²) < 4.78 is 0. The second-order valence-electron chi connectivity index (χ2n) is 8.64. The van der Waals surface area contributed by atoms with Crippen molar-refractivity contribution in [2.24, 2.45) is 0 Å². The summed E-state index contributed by atoms with van der Waals surface area (Å²) in [5, 5.41) is 13.4. The summed E-state index contributed by atoms with van der Waals surface area (Å²) in [6, 6.07) is 8.48. The van der Waals surface area contributed by atoms with Crippen LogP contribution in [0.2, 0.25) is 0 Å². The van der Waals surface area contributed by atoms with Gasteiger partial charge in [-0.3, -0.25) is 19.2 Å². The molecule has 5 N–H and O–H groups in total. The van der Waals surface area contributed by atoms with Crippen LogP contribution in [0.3, 0.4) is 0 Å².